The molecule has 24 heavy (non-hydrogen) atoms. The summed E-state index contributed by atoms with van der Waals surface area (Å²) >= 11 is 0. The molecule has 0 saturated carbocycles. The van der Waals surface area contributed by atoms with Crippen molar-refractivity contribution in [3.05, 3.63) is 84.6 Å². The van der Waals surface area contributed by atoms with Crippen LogP contribution in [0.25, 0.3) is 28.0 Å². The Kier molecular flexibility index (Phi) is 3.66. The molecule has 0 bridgehead atoms. The fraction of sp³-hybridized carbons (Fsp3) is 0.136. The van der Waals surface area contributed by atoms with E-state index in [1.165, 1.54) is 16.5 Å². The summed E-state index contributed by atoms with van der Waals surface area (Å²) in [7, 11) is 0. The second-order valence-corrected chi connectivity index (χ2v) is 6.39. The van der Waals surface area contributed by atoms with Crippen LogP contribution in [-0.4, -0.2) is 9.55 Å². The lowest BCUT2D eigenvalue weighted by Gasteiger charge is -2.11. The van der Waals surface area contributed by atoms with E-state index in [1.54, 1.807) is 0 Å². The molecule has 0 aliphatic carbocycles. The normalized spacial score (nSPS) is 11.3. The summed E-state index contributed by atoms with van der Waals surface area (Å²) in [5.41, 5.74) is 5.75. The zero-order chi connectivity index (χ0) is 16.5. The number of fused-ring (bicyclic) bond motifs is 1. The lowest BCUT2D eigenvalue weighted by Crippen LogP contribution is -1.98. The zero-order valence-corrected chi connectivity index (χ0v) is 14.0. The third-order valence-electron chi connectivity index (χ3n) is 4.44. The van der Waals surface area contributed by atoms with Gasteiger partial charge in [0.25, 0.3) is 0 Å². The van der Waals surface area contributed by atoms with Crippen molar-refractivity contribution < 1.29 is 0 Å². The molecule has 0 aliphatic rings. The Morgan fingerprint density at radius 3 is 2.29 bits per heavy atom. The molecule has 0 spiro atoms. The molecule has 0 saturated heterocycles. The molecule has 4 rings (SSSR count). The van der Waals surface area contributed by atoms with E-state index >= 15 is 0 Å². The van der Waals surface area contributed by atoms with Crippen LogP contribution >= 0.6 is 0 Å². The van der Waals surface area contributed by atoms with Crippen LogP contribution in [0.15, 0.2) is 79.0 Å². The highest BCUT2D eigenvalue weighted by Gasteiger charge is 2.13. The first-order valence-corrected chi connectivity index (χ1v) is 8.36. The van der Waals surface area contributed by atoms with Crippen LogP contribution in [0.3, 0.4) is 0 Å². The Balaban J connectivity index is 1.95. The van der Waals surface area contributed by atoms with Crippen LogP contribution in [0.4, 0.5) is 0 Å². The molecule has 2 aromatic carbocycles. The van der Waals surface area contributed by atoms with Gasteiger partial charge >= 0.3 is 0 Å². The van der Waals surface area contributed by atoms with Crippen LogP contribution in [0.5, 0.6) is 0 Å². The fourth-order valence-electron chi connectivity index (χ4n) is 3.10. The number of pyridine rings is 1. The lowest BCUT2D eigenvalue weighted by atomic mass is 10.1. The molecule has 4 aromatic rings. The average Bonchev–Trinajstić information content (AvgIpc) is 3.02. The van der Waals surface area contributed by atoms with Crippen LogP contribution in [0.1, 0.15) is 25.3 Å². The summed E-state index contributed by atoms with van der Waals surface area (Å²) in [5, 5.41) is 1.23. The van der Waals surface area contributed by atoms with Crippen molar-refractivity contribution in [2.24, 2.45) is 0 Å². The molecule has 0 atom stereocenters. The Morgan fingerprint density at radius 1 is 0.833 bits per heavy atom. The second kappa shape index (κ2) is 5.97. The third-order valence-corrected chi connectivity index (χ3v) is 4.44. The topological polar surface area (TPSA) is 17.8 Å². The Morgan fingerprint density at radius 2 is 1.58 bits per heavy atom. The Labute approximate surface area is 142 Å². The molecule has 0 radical (unpaired) electrons. The predicted molar refractivity (Wildman–Crippen MR) is 101 cm³/mol. The number of benzene rings is 2. The molecule has 2 heterocycles. The van der Waals surface area contributed by atoms with Gasteiger partial charge in [0.1, 0.15) is 0 Å². The first kappa shape index (κ1) is 14.7. The van der Waals surface area contributed by atoms with Gasteiger partial charge < -0.3 is 4.57 Å². The van der Waals surface area contributed by atoms with Crippen molar-refractivity contribution in [2.75, 3.05) is 0 Å². The highest BCUT2D eigenvalue weighted by Crippen LogP contribution is 2.31. The third kappa shape index (κ3) is 2.50. The number of rotatable bonds is 3. The first-order chi connectivity index (χ1) is 11.7. The van der Waals surface area contributed by atoms with Gasteiger partial charge in [-0.1, -0.05) is 56.3 Å². The van der Waals surface area contributed by atoms with Crippen molar-refractivity contribution in [3.63, 3.8) is 0 Å². The summed E-state index contributed by atoms with van der Waals surface area (Å²) < 4.78 is 2.28. The van der Waals surface area contributed by atoms with Crippen molar-refractivity contribution in [3.8, 4) is 17.1 Å². The van der Waals surface area contributed by atoms with E-state index in [4.69, 9.17) is 4.98 Å². The minimum absolute atomic E-state index is 0.492. The maximum atomic E-state index is 4.73. The molecule has 0 amide bonds. The summed E-state index contributed by atoms with van der Waals surface area (Å²) in [6.45, 7) is 4.38. The highest BCUT2D eigenvalue weighted by molar-refractivity contribution is 5.88. The maximum Gasteiger partial charge on any atom is 0.0870 e. The fourth-order valence-corrected chi connectivity index (χ4v) is 3.10. The second-order valence-electron chi connectivity index (χ2n) is 6.39. The quantitative estimate of drug-likeness (QED) is 0.466. The molecular formula is C22H20N2. The van der Waals surface area contributed by atoms with Crippen LogP contribution in [-0.2, 0) is 0 Å². The van der Waals surface area contributed by atoms with E-state index in [9.17, 15) is 0 Å². The molecular weight excluding hydrogens is 292 g/mol. The number of nitrogens with zero attached hydrogens (tertiary/aromatic N) is 2. The van der Waals surface area contributed by atoms with Crippen molar-refractivity contribution in [2.45, 2.75) is 19.8 Å². The van der Waals surface area contributed by atoms with Crippen LogP contribution in [0, 0.1) is 0 Å². The van der Waals surface area contributed by atoms with E-state index in [0.717, 1.165) is 17.1 Å². The molecule has 0 aliphatic heterocycles. The van der Waals surface area contributed by atoms with Gasteiger partial charge in [0.2, 0.25) is 0 Å². The monoisotopic (exact) mass is 312 g/mol. The zero-order valence-electron chi connectivity index (χ0n) is 14.0. The average molecular weight is 312 g/mol. The largest absolute Gasteiger partial charge is 0.308 e. The predicted octanol–water partition coefficient (Wildman–Crippen LogP) is 5.82. The number of hydrogen-bond acceptors (Lipinski definition) is 1. The van der Waals surface area contributed by atoms with Gasteiger partial charge in [-0.15, -0.1) is 0 Å². The summed E-state index contributed by atoms with van der Waals surface area (Å²) in [6, 6.07) is 25.5. The Hall–Kier alpha value is -2.87. The number of para-hydroxylation sites is 2. The molecule has 118 valence electrons. The lowest BCUT2D eigenvalue weighted by molar-refractivity contribution is 0.858. The van der Waals surface area contributed by atoms with Crippen molar-refractivity contribution in [1.82, 2.24) is 9.55 Å². The SMILES string of the molecule is CC(C)c1ccc(-c2cc3ccccc3n2-c2ccccc2)nc1. The summed E-state index contributed by atoms with van der Waals surface area (Å²) in [5.74, 6) is 0.492. The Bertz CT molecular complexity index is 964. The molecule has 2 nitrogen and oxygen atoms in total. The molecule has 0 fully saturated rings. The van der Waals surface area contributed by atoms with Gasteiger partial charge in [-0.2, -0.15) is 0 Å². The minimum atomic E-state index is 0.492. The van der Waals surface area contributed by atoms with Crippen molar-refractivity contribution >= 4 is 10.9 Å². The molecule has 0 N–H and O–H groups in total. The van der Waals surface area contributed by atoms with Gasteiger partial charge in [-0.25, -0.2) is 0 Å². The van der Waals surface area contributed by atoms with Gasteiger partial charge in [0.05, 0.1) is 16.9 Å². The van der Waals surface area contributed by atoms with E-state index in [-0.39, 0.29) is 0 Å². The molecule has 2 aromatic heterocycles. The van der Waals surface area contributed by atoms with Crippen LogP contribution in [0.2, 0.25) is 0 Å². The van der Waals surface area contributed by atoms with E-state index in [1.807, 2.05) is 12.3 Å². The highest BCUT2D eigenvalue weighted by atomic mass is 15.0. The van der Waals surface area contributed by atoms with Gasteiger partial charge in [0.15, 0.2) is 0 Å². The van der Waals surface area contributed by atoms with Gasteiger partial charge in [0, 0.05) is 17.3 Å². The van der Waals surface area contributed by atoms with Gasteiger partial charge in [-0.05, 0) is 41.8 Å². The first-order valence-electron chi connectivity index (χ1n) is 8.36. The molecule has 2 heteroatoms. The standard InChI is InChI=1S/C22H20N2/c1-16(2)18-12-13-20(23-15-18)22-14-17-8-6-7-11-21(17)24(22)19-9-4-3-5-10-19/h3-16H,1-2H3. The van der Waals surface area contributed by atoms with Crippen LogP contribution < -0.4 is 0 Å². The van der Waals surface area contributed by atoms with E-state index < -0.39 is 0 Å². The smallest absolute Gasteiger partial charge is 0.0870 e. The number of aromatic nitrogens is 2. The van der Waals surface area contributed by atoms with Crippen molar-refractivity contribution in [1.29, 1.82) is 0 Å². The minimum Gasteiger partial charge on any atom is -0.308 e. The van der Waals surface area contributed by atoms with Gasteiger partial charge in [-0.3, -0.25) is 4.98 Å². The maximum absolute atomic E-state index is 4.73. The molecule has 0 unspecified atom stereocenters. The summed E-state index contributed by atoms with van der Waals surface area (Å²) in [6.07, 6.45) is 1.99. The summed E-state index contributed by atoms with van der Waals surface area (Å²) in [4.78, 5) is 4.73. The number of hydrogen-bond donors (Lipinski definition) is 0. The van der Waals surface area contributed by atoms with E-state index in [0.29, 0.717) is 5.92 Å². The van der Waals surface area contributed by atoms with E-state index in [2.05, 4.69) is 85.1 Å².